The summed E-state index contributed by atoms with van der Waals surface area (Å²) < 4.78 is 5.34. The third-order valence-corrected chi connectivity index (χ3v) is 6.69. The number of rotatable bonds is 4. The average molecular weight is 537 g/mol. The Kier molecular flexibility index (Phi) is 6.83. The fourth-order valence-corrected chi connectivity index (χ4v) is 4.75. The van der Waals surface area contributed by atoms with Crippen molar-refractivity contribution in [3.8, 4) is 5.75 Å². The van der Waals surface area contributed by atoms with Gasteiger partial charge in [0, 0.05) is 20.8 Å². The number of aryl methyl sites for hydroxylation is 1. The van der Waals surface area contributed by atoms with Crippen molar-refractivity contribution in [1.82, 2.24) is 0 Å². The van der Waals surface area contributed by atoms with Crippen LogP contribution in [-0.4, -0.2) is 23.9 Å². The molecule has 1 fully saturated rings. The monoisotopic (exact) mass is 535 g/mol. The number of methoxy groups -OCH3 is 1. The van der Waals surface area contributed by atoms with Gasteiger partial charge in [-0.1, -0.05) is 64.6 Å². The van der Waals surface area contributed by atoms with E-state index in [-0.39, 0.29) is 26.9 Å². The van der Waals surface area contributed by atoms with Crippen molar-refractivity contribution in [3.05, 3.63) is 97.0 Å². The number of ketones is 1. The van der Waals surface area contributed by atoms with Gasteiger partial charge in [-0.05, 0) is 54.4 Å². The number of halogens is 4. The van der Waals surface area contributed by atoms with Gasteiger partial charge >= 0.3 is 0 Å². The summed E-state index contributed by atoms with van der Waals surface area (Å²) in [4.78, 5) is 27.9. The largest absolute Gasteiger partial charge is 0.507 e. The molecule has 1 aliphatic heterocycles. The first-order valence-electron chi connectivity index (χ1n) is 10.00. The molecule has 34 heavy (non-hydrogen) atoms. The van der Waals surface area contributed by atoms with E-state index in [1.807, 2.05) is 6.92 Å². The number of amides is 1. The number of hydrogen-bond donors (Lipinski definition) is 1. The van der Waals surface area contributed by atoms with E-state index in [4.69, 9.17) is 51.1 Å². The quantitative estimate of drug-likeness (QED) is 0.217. The van der Waals surface area contributed by atoms with Crippen molar-refractivity contribution >= 4 is 69.5 Å². The van der Waals surface area contributed by atoms with Crippen LogP contribution in [0.3, 0.4) is 0 Å². The number of hydrogen-bond acceptors (Lipinski definition) is 4. The van der Waals surface area contributed by atoms with Crippen LogP contribution in [0.5, 0.6) is 5.75 Å². The lowest BCUT2D eigenvalue weighted by Crippen LogP contribution is -2.29. The molecule has 0 radical (unpaired) electrons. The van der Waals surface area contributed by atoms with Gasteiger partial charge in [0.25, 0.3) is 11.7 Å². The summed E-state index contributed by atoms with van der Waals surface area (Å²) in [5, 5.41) is 12.6. The van der Waals surface area contributed by atoms with E-state index < -0.39 is 23.5 Å². The Labute approximate surface area is 216 Å². The van der Waals surface area contributed by atoms with E-state index in [0.29, 0.717) is 21.3 Å². The van der Waals surface area contributed by atoms with Crippen LogP contribution in [0, 0.1) is 6.92 Å². The summed E-state index contributed by atoms with van der Waals surface area (Å²) in [5.74, 6) is -2.07. The molecule has 3 aromatic carbocycles. The predicted octanol–water partition coefficient (Wildman–Crippen LogP) is 7.24. The van der Waals surface area contributed by atoms with Gasteiger partial charge in [0.15, 0.2) is 0 Å². The van der Waals surface area contributed by atoms with Gasteiger partial charge in [0.2, 0.25) is 0 Å². The number of anilines is 1. The smallest absolute Gasteiger partial charge is 0.300 e. The molecule has 1 unspecified atom stereocenters. The number of aliphatic hydroxyl groups excluding tert-OH is 1. The fraction of sp³-hybridized carbons (Fsp3) is 0.120. The molecule has 174 valence electrons. The number of nitrogens with zero attached hydrogens (tertiary/aromatic N) is 1. The maximum absolute atomic E-state index is 13.3. The van der Waals surface area contributed by atoms with E-state index in [2.05, 4.69) is 0 Å². The molecule has 1 N–H and O–H groups in total. The van der Waals surface area contributed by atoms with Crippen LogP contribution in [0.1, 0.15) is 22.7 Å². The molecule has 9 heteroatoms. The van der Waals surface area contributed by atoms with Crippen LogP contribution < -0.4 is 9.64 Å². The minimum absolute atomic E-state index is 0.0823. The summed E-state index contributed by atoms with van der Waals surface area (Å²) in [6, 6.07) is 13.5. The molecule has 0 spiro atoms. The normalized spacial score (nSPS) is 17.4. The molecule has 5 nitrogen and oxygen atoms in total. The molecule has 3 aromatic rings. The van der Waals surface area contributed by atoms with E-state index >= 15 is 0 Å². The molecular weight excluding hydrogens is 520 g/mol. The molecule has 1 aliphatic rings. The third kappa shape index (κ3) is 4.25. The van der Waals surface area contributed by atoms with Gasteiger partial charge in [0.05, 0.1) is 29.3 Å². The standard InChI is InChI=1S/C25H17Cl4NO4/c1-12-3-8-16(11-18(12)28)30-21(13-4-6-14(26)7-5-13)20(23(32)25(30)33)22(31)17-9-15(27)10-19(29)24(17)34-2/h3-11,21,31H,1-2H3/b22-20+. The Balaban J connectivity index is 2.01. The Morgan fingerprint density at radius 1 is 0.912 bits per heavy atom. The van der Waals surface area contributed by atoms with Crippen molar-refractivity contribution in [2.75, 3.05) is 12.0 Å². The molecule has 1 amide bonds. The SMILES string of the molecule is COc1c(Cl)cc(Cl)cc1/C(O)=C1\C(=O)C(=O)N(c2ccc(C)c(Cl)c2)C1c1ccc(Cl)cc1. The first kappa shape index (κ1) is 24.4. The molecule has 4 rings (SSSR count). The topological polar surface area (TPSA) is 66.8 Å². The summed E-state index contributed by atoms with van der Waals surface area (Å²) in [6.07, 6.45) is 0. The van der Waals surface area contributed by atoms with Crippen LogP contribution in [0.4, 0.5) is 5.69 Å². The van der Waals surface area contributed by atoms with Gasteiger partial charge in [-0.15, -0.1) is 0 Å². The second-order valence-electron chi connectivity index (χ2n) is 7.62. The summed E-state index contributed by atoms with van der Waals surface area (Å²) >= 11 is 24.8. The van der Waals surface area contributed by atoms with Crippen LogP contribution in [0.2, 0.25) is 20.1 Å². The molecule has 0 aliphatic carbocycles. The molecule has 0 saturated carbocycles. The Morgan fingerprint density at radius 2 is 1.59 bits per heavy atom. The number of benzene rings is 3. The lowest BCUT2D eigenvalue weighted by molar-refractivity contribution is -0.132. The van der Waals surface area contributed by atoms with Crippen molar-refractivity contribution < 1.29 is 19.4 Å². The van der Waals surface area contributed by atoms with Crippen molar-refractivity contribution in [2.24, 2.45) is 0 Å². The summed E-state index contributed by atoms with van der Waals surface area (Å²) in [6.45, 7) is 1.83. The lowest BCUT2D eigenvalue weighted by Gasteiger charge is -2.26. The van der Waals surface area contributed by atoms with Crippen molar-refractivity contribution in [3.63, 3.8) is 0 Å². The van der Waals surface area contributed by atoms with Crippen LogP contribution in [0.15, 0.2) is 60.2 Å². The van der Waals surface area contributed by atoms with Crippen molar-refractivity contribution in [2.45, 2.75) is 13.0 Å². The fourth-order valence-electron chi connectivity index (χ4n) is 3.88. The van der Waals surface area contributed by atoms with E-state index in [0.717, 1.165) is 5.56 Å². The molecule has 1 saturated heterocycles. The second kappa shape index (κ2) is 9.51. The van der Waals surface area contributed by atoms with Gasteiger partial charge < -0.3 is 9.84 Å². The molecule has 1 atom stereocenters. The van der Waals surface area contributed by atoms with Crippen LogP contribution in [0.25, 0.3) is 5.76 Å². The first-order chi connectivity index (χ1) is 16.1. The molecule has 0 aromatic heterocycles. The van der Waals surface area contributed by atoms with E-state index in [9.17, 15) is 14.7 Å². The van der Waals surface area contributed by atoms with Gasteiger partial charge in [-0.2, -0.15) is 0 Å². The number of carbonyl (C=O) groups excluding carboxylic acids is 2. The highest BCUT2D eigenvalue weighted by molar-refractivity contribution is 6.52. The zero-order valence-electron chi connectivity index (χ0n) is 17.9. The number of ether oxygens (including phenoxy) is 1. The zero-order valence-corrected chi connectivity index (χ0v) is 20.9. The highest BCUT2D eigenvalue weighted by Crippen LogP contribution is 2.45. The van der Waals surface area contributed by atoms with E-state index in [1.165, 1.54) is 24.1 Å². The van der Waals surface area contributed by atoms with Gasteiger partial charge in [-0.3, -0.25) is 14.5 Å². The minimum atomic E-state index is -0.974. The highest BCUT2D eigenvalue weighted by atomic mass is 35.5. The number of aliphatic hydroxyl groups is 1. The van der Waals surface area contributed by atoms with Crippen LogP contribution in [-0.2, 0) is 9.59 Å². The third-order valence-electron chi connectivity index (χ3n) is 5.53. The van der Waals surface area contributed by atoms with Gasteiger partial charge in [0.1, 0.15) is 11.5 Å². The first-order valence-corrected chi connectivity index (χ1v) is 11.5. The van der Waals surface area contributed by atoms with E-state index in [1.54, 1.807) is 42.5 Å². The molecular formula is C25H17Cl4NO4. The predicted molar refractivity (Wildman–Crippen MR) is 135 cm³/mol. The zero-order chi connectivity index (χ0) is 24.7. The Hall–Kier alpha value is -2.70. The highest BCUT2D eigenvalue weighted by Gasteiger charge is 2.47. The maximum Gasteiger partial charge on any atom is 0.300 e. The molecule has 1 heterocycles. The molecule has 0 bridgehead atoms. The van der Waals surface area contributed by atoms with Crippen molar-refractivity contribution in [1.29, 1.82) is 0 Å². The average Bonchev–Trinajstić information content (AvgIpc) is 3.06. The maximum atomic E-state index is 13.3. The van der Waals surface area contributed by atoms with Gasteiger partial charge in [-0.25, -0.2) is 0 Å². The Bertz CT molecular complexity index is 1350. The lowest BCUT2D eigenvalue weighted by atomic mass is 9.94. The number of Topliss-reactive ketones (excluding diaryl/α,β-unsaturated/α-hetero) is 1. The summed E-state index contributed by atoms with van der Waals surface area (Å²) in [7, 11) is 1.37. The Morgan fingerprint density at radius 3 is 2.21 bits per heavy atom. The number of carbonyl (C=O) groups is 2. The van der Waals surface area contributed by atoms with Crippen LogP contribution >= 0.6 is 46.4 Å². The summed E-state index contributed by atoms with van der Waals surface area (Å²) in [5.41, 5.74) is 1.68. The second-order valence-corrected chi connectivity index (χ2v) is 9.31. The minimum Gasteiger partial charge on any atom is -0.507 e.